The van der Waals surface area contributed by atoms with Gasteiger partial charge in [-0.1, -0.05) is 315 Å². The maximum atomic E-state index is 12.8. The number of carbonyl (C=O) groups is 3. The predicted molar refractivity (Wildman–Crippen MR) is 307 cm³/mol. The van der Waals surface area contributed by atoms with Crippen LogP contribution in [0.15, 0.2) is 12.2 Å². The van der Waals surface area contributed by atoms with E-state index in [2.05, 4.69) is 32.9 Å². The van der Waals surface area contributed by atoms with E-state index in [1.54, 1.807) is 0 Å². The number of unbranched alkanes of at least 4 members (excludes halogenated alkanes) is 47. The van der Waals surface area contributed by atoms with Crippen molar-refractivity contribution in [3.63, 3.8) is 0 Å². The zero-order chi connectivity index (χ0) is 51.4. The lowest BCUT2D eigenvalue weighted by Crippen LogP contribution is -2.30. The van der Waals surface area contributed by atoms with Crippen LogP contribution in [-0.4, -0.2) is 37.2 Å². The third kappa shape index (κ3) is 58.9. The topological polar surface area (TPSA) is 78.9 Å². The van der Waals surface area contributed by atoms with Crippen LogP contribution >= 0.6 is 0 Å². The van der Waals surface area contributed by atoms with Gasteiger partial charge < -0.3 is 14.2 Å². The summed E-state index contributed by atoms with van der Waals surface area (Å²) in [4.78, 5) is 38.1. The summed E-state index contributed by atoms with van der Waals surface area (Å²) in [5, 5.41) is 0. The zero-order valence-corrected chi connectivity index (χ0v) is 48.3. The molecule has 0 aromatic carbocycles. The molecule has 71 heavy (non-hydrogen) atoms. The van der Waals surface area contributed by atoms with Crippen molar-refractivity contribution < 1.29 is 28.6 Å². The molecule has 0 radical (unpaired) electrons. The molecule has 6 heteroatoms. The minimum Gasteiger partial charge on any atom is -0.462 e. The summed E-state index contributed by atoms with van der Waals surface area (Å²) in [7, 11) is 0. The highest BCUT2D eigenvalue weighted by Crippen LogP contribution is 2.18. The molecule has 0 saturated heterocycles. The highest BCUT2D eigenvalue weighted by Gasteiger charge is 2.19. The van der Waals surface area contributed by atoms with Gasteiger partial charge in [-0.3, -0.25) is 14.4 Å². The van der Waals surface area contributed by atoms with E-state index in [4.69, 9.17) is 14.2 Å². The van der Waals surface area contributed by atoms with Crippen molar-refractivity contribution in [3.8, 4) is 0 Å². The molecule has 0 heterocycles. The molecule has 0 rings (SSSR count). The lowest BCUT2D eigenvalue weighted by molar-refractivity contribution is -0.167. The third-order valence-electron chi connectivity index (χ3n) is 14.8. The molecule has 6 nitrogen and oxygen atoms in total. The lowest BCUT2D eigenvalue weighted by Gasteiger charge is -2.18. The summed E-state index contributed by atoms with van der Waals surface area (Å²) in [6, 6.07) is 0. The molecule has 0 aliphatic heterocycles. The number of hydrogen-bond donors (Lipinski definition) is 0. The second-order valence-corrected chi connectivity index (χ2v) is 22.0. The van der Waals surface area contributed by atoms with E-state index in [0.717, 1.165) is 64.2 Å². The Kier molecular flexibility index (Phi) is 59.1. The van der Waals surface area contributed by atoms with Gasteiger partial charge in [-0.05, 0) is 44.9 Å². The van der Waals surface area contributed by atoms with E-state index in [1.807, 2.05) is 0 Å². The van der Waals surface area contributed by atoms with Crippen LogP contribution in [0.1, 0.15) is 367 Å². The van der Waals surface area contributed by atoms with Gasteiger partial charge in [-0.2, -0.15) is 0 Å². The third-order valence-corrected chi connectivity index (χ3v) is 14.8. The second-order valence-electron chi connectivity index (χ2n) is 22.0. The molecule has 0 fully saturated rings. The summed E-state index contributed by atoms with van der Waals surface area (Å²) < 4.78 is 16.8. The first-order chi connectivity index (χ1) is 35.0. The van der Waals surface area contributed by atoms with Crippen LogP contribution in [-0.2, 0) is 28.6 Å². The largest absolute Gasteiger partial charge is 0.462 e. The van der Waals surface area contributed by atoms with Gasteiger partial charge >= 0.3 is 17.9 Å². The van der Waals surface area contributed by atoms with E-state index in [0.29, 0.717) is 19.3 Å². The van der Waals surface area contributed by atoms with Crippen molar-refractivity contribution in [2.75, 3.05) is 13.2 Å². The zero-order valence-electron chi connectivity index (χ0n) is 48.3. The van der Waals surface area contributed by atoms with Crippen molar-refractivity contribution in [2.24, 2.45) is 0 Å². The van der Waals surface area contributed by atoms with Crippen molar-refractivity contribution in [1.82, 2.24) is 0 Å². The van der Waals surface area contributed by atoms with Crippen molar-refractivity contribution in [1.29, 1.82) is 0 Å². The molecule has 1 unspecified atom stereocenters. The maximum Gasteiger partial charge on any atom is 0.306 e. The van der Waals surface area contributed by atoms with E-state index < -0.39 is 6.10 Å². The predicted octanol–water partition coefficient (Wildman–Crippen LogP) is 21.7. The number of allylic oxidation sites excluding steroid dienone is 2. The minimum atomic E-state index is -0.768. The highest BCUT2D eigenvalue weighted by molar-refractivity contribution is 5.71. The van der Waals surface area contributed by atoms with Gasteiger partial charge in [-0.15, -0.1) is 0 Å². The SMILES string of the molecule is CCCCCCCCC/C=C\CCCCCCCC(=O)OC(COC(=O)CCCCCCCCCC)COC(=O)CCCCCCCCCCCCCCCCCCCCCCCCCCCCCCC. The van der Waals surface area contributed by atoms with Gasteiger partial charge in [0.15, 0.2) is 6.10 Å². The minimum absolute atomic E-state index is 0.0678. The normalized spacial score (nSPS) is 12.0. The van der Waals surface area contributed by atoms with Gasteiger partial charge in [0.05, 0.1) is 0 Å². The number of esters is 3. The molecule has 0 bridgehead atoms. The Labute approximate surface area is 443 Å². The van der Waals surface area contributed by atoms with Crippen LogP contribution in [0.25, 0.3) is 0 Å². The van der Waals surface area contributed by atoms with Gasteiger partial charge in [0.2, 0.25) is 0 Å². The molecule has 420 valence electrons. The summed E-state index contributed by atoms with van der Waals surface area (Å²) in [6.45, 7) is 6.66. The van der Waals surface area contributed by atoms with Crippen LogP contribution < -0.4 is 0 Å². The van der Waals surface area contributed by atoms with E-state index in [9.17, 15) is 14.4 Å². The van der Waals surface area contributed by atoms with E-state index in [1.165, 1.54) is 263 Å². The van der Waals surface area contributed by atoms with Crippen LogP contribution in [0.4, 0.5) is 0 Å². The Bertz CT molecular complexity index is 1100. The monoisotopic (exact) mass is 1000 g/mol. The van der Waals surface area contributed by atoms with Crippen molar-refractivity contribution in [2.45, 2.75) is 374 Å². The molecule has 0 spiro atoms. The molecule has 1 atom stereocenters. The summed E-state index contributed by atoms with van der Waals surface area (Å²) in [5.41, 5.74) is 0. The molecule has 0 aromatic rings. The number of ether oxygens (including phenoxy) is 3. The van der Waals surface area contributed by atoms with Crippen molar-refractivity contribution >= 4 is 17.9 Å². The van der Waals surface area contributed by atoms with E-state index in [-0.39, 0.29) is 31.1 Å². The number of hydrogen-bond acceptors (Lipinski definition) is 6. The first kappa shape index (κ1) is 69.2. The van der Waals surface area contributed by atoms with E-state index >= 15 is 0 Å². The van der Waals surface area contributed by atoms with Gasteiger partial charge in [0, 0.05) is 19.3 Å². The van der Waals surface area contributed by atoms with Gasteiger partial charge in [-0.25, -0.2) is 0 Å². The van der Waals surface area contributed by atoms with Crippen LogP contribution in [0.5, 0.6) is 0 Å². The number of rotatable bonds is 60. The Morgan fingerprint density at radius 2 is 0.465 bits per heavy atom. The fourth-order valence-electron chi connectivity index (χ4n) is 9.91. The summed E-state index contributed by atoms with van der Waals surface area (Å²) in [6.07, 6.45) is 71.1. The number of carbonyl (C=O) groups excluding carboxylic acids is 3. The molecular weight excluding hydrogens is 877 g/mol. The van der Waals surface area contributed by atoms with Crippen LogP contribution in [0.2, 0.25) is 0 Å². The average molecular weight is 1000 g/mol. The Morgan fingerprint density at radius 3 is 0.704 bits per heavy atom. The maximum absolute atomic E-state index is 12.8. The fraction of sp³-hybridized carbons (Fsp3) is 0.923. The molecule has 0 amide bonds. The first-order valence-electron chi connectivity index (χ1n) is 32.2. The van der Waals surface area contributed by atoms with Gasteiger partial charge in [0.1, 0.15) is 13.2 Å². The smallest absolute Gasteiger partial charge is 0.306 e. The Morgan fingerprint density at radius 1 is 0.268 bits per heavy atom. The molecule has 0 aliphatic carbocycles. The summed E-state index contributed by atoms with van der Waals surface area (Å²) >= 11 is 0. The molecular formula is C65H124O6. The van der Waals surface area contributed by atoms with Crippen molar-refractivity contribution in [3.05, 3.63) is 12.2 Å². The van der Waals surface area contributed by atoms with Gasteiger partial charge in [0.25, 0.3) is 0 Å². The first-order valence-corrected chi connectivity index (χ1v) is 32.2. The van der Waals surface area contributed by atoms with Crippen LogP contribution in [0.3, 0.4) is 0 Å². The summed E-state index contributed by atoms with van der Waals surface area (Å²) in [5.74, 6) is -0.856. The lowest BCUT2D eigenvalue weighted by atomic mass is 10.0. The standard InChI is InChI=1S/C65H124O6/c1-4-7-10-13-16-19-21-23-25-27-28-29-30-31-32-33-34-35-36-37-38-39-41-42-44-46-49-52-55-58-64(67)70-61-62(60-69-63(66)57-54-51-48-18-15-12-9-6-3)71-65(68)59-56-53-50-47-45-43-40-26-24-22-20-17-14-11-8-5-2/h26,40,62H,4-25,27-39,41-61H2,1-3H3/b40-26-. The van der Waals surface area contributed by atoms with Crippen LogP contribution in [0, 0.1) is 0 Å². The molecule has 0 saturated carbocycles. The Balaban J connectivity index is 4.03. The second kappa shape index (κ2) is 60.7. The Hall–Kier alpha value is -1.85. The molecule has 0 aromatic heterocycles. The molecule has 0 aliphatic rings. The average Bonchev–Trinajstić information content (AvgIpc) is 3.37. The quantitative estimate of drug-likeness (QED) is 0.0261. The molecule has 0 N–H and O–H groups in total. The highest BCUT2D eigenvalue weighted by atomic mass is 16.6. The fourth-order valence-corrected chi connectivity index (χ4v) is 9.91.